The first-order valence-electron chi connectivity index (χ1n) is 7.17. The number of benzene rings is 1. The maximum atomic E-state index is 5.57. The van der Waals surface area contributed by atoms with Crippen molar-refractivity contribution in [3.8, 4) is 0 Å². The minimum absolute atomic E-state index is 0.134. The Balaban J connectivity index is 1.73. The molecule has 1 fully saturated rings. The van der Waals surface area contributed by atoms with Gasteiger partial charge in [0.15, 0.2) is 5.82 Å². The van der Waals surface area contributed by atoms with Crippen molar-refractivity contribution in [3.63, 3.8) is 0 Å². The summed E-state index contributed by atoms with van der Waals surface area (Å²) in [5, 5.41) is 3.87. The van der Waals surface area contributed by atoms with E-state index >= 15 is 0 Å². The van der Waals surface area contributed by atoms with Gasteiger partial charge in [-0.2, -0.15) is 4.98 Å². The summed E-state index contributed by atoms with van der Waals surface area (Å²) in [7, 11) is 0. The molecule has 3 aromatic rings. The molecule has 0 N–H and O–H groups in total. The Labute approximate surface area is 126 Å². The summed E-state index contributed by atoms with van der Waals surface area (Å²) in [4.78, 5) is 15.6. The molecular weight excluding hydrogens is 282 g/mol. The summed E-state index contributed by atoms with van der Waals surface area (Å²) < 4.78 is 10.9. The fourth-order valence-corrected chi connectivity index (χ4v) is 2.62. The maximum absolute atomic E-state index is 5.57. The van der Waals surface area contributed by atoms with E-state index in [1.807, 2.05) is 24.3 Å². The zero-order valence-corrected chi connectivity index (χ0v) is 12.1. The number of morpholine rings is 1. The van der Waals surface area contributed by atoms with Crippen LogP contribution in [0.1, 0.15) is 17.8 Å². The van der Waals surface area contributed by atoms with Crippen LogP contribution in [0.2, 0.25) is 0 Å². The molecule has 1 aliphatic heterocycles. The summed E-state index contributed by atoms with van der Waals surface area (Å²) in [6.45, 7) is 3.64. The van der Waals surface area contributed by atoms with E-state index in [9.17, 15) is 0 Å². The van der Waals surface area contributed by atoms with E-state index in [1.165, 1.54) is 0 Å². The Hall–Kier alpha value is -2.54. The molecule has 0 aliphatic carbocycles. The summed E-state index contributed by atoms with van der Waals surface area (Å²) in [5.41, 5.74) is 1.75. The van der Waals surface area contributed by atoms with Gasteiger partial charge in [-0.1, -0.05) is 17.3 Å². The molecule has 1 aliphatic rings. The van der Waals surface area contributed by atoms with E-state index in [-0.39, 0.29) is 6.04 Å². The fraction of sp³-hybridized carbons (Fsp3) is 0.333. The van der Waals surface area contributed by atoms with Crippen molar-refractivity contribution in [2.24, 2.45) is 0 Å². The molecule has 0 amide bonds. The van der Waals surface area contributed by atoms with E-state index in [0.29, 0.717) is 31.5 Å². The molecular formula is C15H15N5O2. The first-order valence-corrected chi connectivity index (χ1v) is 7.17. The fourth-order valence-electron chi connectivity index (χ4n) is 2.62. The van der Waals surface area contributed by atoms with Crippen molar-refractivity contribution in [3.05, 3.63) is 42.2 Å². The summed E-state index contributed by atoms with van der Waals surface area (Å²) in [5.74, 6) is 1.96. The lowest BCUT2D eigenvalue weighted by atomic mass is 10.2. The Kier molecular flexibility index (Phi) is 3.19. The molecule has 1 unspecified atom stereocenters. The van der Waals surface area contributed by atoms with Crippen molar-refractivity contribution in [1.82, 2.24) is 20.1 Å². The molecule has 2 aromatic heterocycles. The summed E-state index contributed by atoms with van der Waals surface area (Å²) in [6, 6.07) is 7.68. The van der Waals surface area contributed by atoms with Crippen LogP contribution in [0.5, 0.6) is 0 Å². The number of hydrogen-bond acceptors (Lipinski definition) is 7. The summed E-state index contributed by atoms with van der Waals surface area (Å²) >= 11 is 0. The Bertz CT molecular complexity index is 803. The van der Waals surface area contributed by atoms with Gasteiger partial charge >= 0.3 is 0 Å². The van der Waals surface area contributed by atoms with Gasteiger partial charge in [-0.15, -0.1) is 0 Å². The van der Waals surface area contributed by atoms with Gasteiger partial charge in [0.25, 0.3) is 5.89 Å². The van der Waals surface area contributed by atoms with Crippen LogP contribution in [0.15, 0.2) is 35.0 Å². The normalized spacial score (nSPS) is 18.8. The van der Waals surface area contributed by atoms with Crippen LogP contribution in [0.3, 0.4) is 0 Å². The number of nitrogens with zero attached hydrogens (tertiary/aromatic N) is 5. The zero-order valence-electron chi connectivity index (χ0n) is 12.1. The van der Waals surface area contributed by atoms with Gasteiger partial charge in [0, 0.05) is 6.54 Å². The van der Waals surface area contributed by atoms with Crippen molar-refractivity contribution >= 4 is 16.9 Å². The van der Waals surface area contributed by atoms with E-state index in [4.69, 9.17) is 14.2 Å². The molecule has 1 atom stereocenters. The predicted octanol–water partition coefficient (Wildman–Crippen LogP) is 1.90. The van der Waals surface area contributed by atoms with E-state index in [0.717, 1.165) is 16.9 Å². The smallest absolute Gasteiger partial charge is 0.251 e. The molecule has 4 rings (SSSR count). The van der Waals surface area contributed by atoms with Crippen molar-refractivity contribution in [1.29, 1.82) is 0 Å². The molecule has 7 heteroatoms. The Morgan fingerprint density at radius 2 is 2.05 bits per heavy atom. The second-order valence-corrected chi connectivity index (χ2v) is 5.18. The van der Waals surface area contributed by atoms with Gasteiger partial charge < -0.3 is 14.2 Å². The Morgan fingerprint density at radius 3 is 2.86 bits per heavy atom. The lowest BCUT2D eigenvalue weighted by molar-refractivity contribution is 0.0834. The van der Waals surface area contributed by atoms with Crippen molar-refractivity contribution < 1.29 is 9.26 Å². The minimum atomic E-state index is -0.134. The summed E-state index contributed by atoms with van der Waals surface area (Å²) in [6.07, 6.45) is 1.78. The highest BCUT2D eigenvalue weighted by atomic mass is 16.5. The standard InChI is InChI=1S/C15H15N5O2/c1-10-17-15(22-19-10)13-9-21-7-6-20(13)14-8-16-11-4-2-3-5-12(11)18-14/h2-5,8,13H,6-7,9H2,1H3. The third-order valence-electron chi connectivity index (χ3n) is 3.69. The molecule has 0 saturated carbocycles. The number of aryl methyl sites for hydroxylation is 1. The van der Waals surface area contributed by atoms with Crippen LogP contribution >= 0.6 is 0 Å². The third kappa shape index (κ3) is 2.29. The van der Waals surface area contributed by atoms with Crippen LogP contribution in [0.4, 0.5) is 5.82 Å². The Morgan fingerprint density at radius 1 is 1.18 bits per heavy atom. The largest absolute Gasteiger partial charge is 0.377 e. The second kappa shape index (κ2) is 5.34. The van der Waals surface area contributed by atoms with Crippen LogP contribution < -0.4 is 4.90 Å². The number of rotatable bonds is 2. The number of aromatic nitrogens is 4. The van der Waals surface area contributed by atoms with E-state index in [2.05, 4.69) is 20.0 Å². The van der Waals surface area contributed by atoms with Crippen molar-refractivity contribution in [2.75, 3.05) is 24.7 Å². The van der Waals surface area contributed by atoms with Crippen molar-refractivity contribution in [2.45, 2.75) is 13.0 Å². The zero-order chi connectivity index (χ0) is 14.9. The maximum Gasteiger partial charge on any atom is 0.251 e. The molecule has 0 bridgehead atoms. The van der Waals surface area contributed by atoms with Crippen LogP contribution in [-0.4, -0.2) is 39.9 Å². The van der Waals surface area contributed by atoms with Gasteiger partial charge in [0.1, 0.15) is 11.9 Å². The lowest BCUT2D eigenvalue weighted by Crippen LogP contribution is -2.40. The highest BCUT2D eigenvalue weighted by molar-refractivity contribution is 5.75. The first-order chi connectivity index (χ1) is 10.8. The average molecular weight is 297 g/mol. The van der Waals surface area contributed by atoms with Crippen LogP contribution in [0.25, 0.3) is 11.0 Å². The number of hydrogen-bond donors (Lipinski definition) is 0. The van der Waals surface area contributed by atoms with Crippen LogP contribution in [0, 0.1) is 6.92 Å². The molecule has 1 saturated heterocycles. The average Bonchev–Trinajstić information content (AvgIpc) is 3.01. The molecule has 7 nitrogen and oxygen atoms in total. The lowest BCUT2D eigenvalue weighted by Gasteiger charge is -2.34. The molecule has 1 aromatic carbocycles. The van der Waals surface area contributed by atoms with Gasteiger partial charge in [-0.25, -0.2) is 4.98 Å². The van der Waals surface area contributed by atoms with Gasteiger partial charge in [-0.3, -0.25) is 4.98 Å². The first kappa shape index (κ1) is 13.1. The topological polar surface area (TPSA) is 77.2 Å². The third-order valence-corrected chi connectivity index (χ3v) is 3.69. The predicted molar refractivity (Wildman–Crippen MR) is 79.5 cm³/mol. The molecule has 3 heterocycles. The quantitative estimate of drug-likeness (QED) is 0.715. The molecule has 22 heavy (non-hydrogen) atoms. The molecule has 0 spiro atoms. The van der Waals surface area contributed by atoms with Gasteiger partial charge in [-0.05, 0) is 19.1 Å². The second-order valence-electron chi connectivity index (χ2n) is 5.18. The van der Waals surface area contributed by atoms with Crippen LogP contribution in [-0.2, 0) is 4.74 Å². The van der Waals surface area contributed by atoms with Gasteiger partial charge in [0.05, 0.1) is 30.4 Å². The number of anilines is 1. The van der Waals surface area contributed by atoms with E-state index < -0.39 is 0 Å². The van der Waals surface area contributed by atoms with E-state index in [1.54, 1.807) is 13.1 Å². The SMILES string of the molecule is Cc1noc(C2COCCN2c2cnc3ccccc3n2)n1. The molecule has 112 valence electrons. The highest BCUT2D eigenvalue weighted by Crippen LogP contribution is 2.28. The number of ether oxygens (including phenoxy) is 1. The monoisotopic (exact) mass is 297 g/mol. The highest BCUT2D eigenvalue weighted by Gasteiger charge is 2.30. The minimum Gasteiger partial charge on any atom is -0.377 e. The van der Waals surface area contributed by atoms with Gasteiger partial charge in [0.2, 0.25) is 0 Å². The number of para-hydroxylation sites is 2. The molecule has 0 radical (unpaired) electrons. The number of fused-ring (bicyclic) bond motifs is 1.